The molecule has 0 bridgehead atoms. The van der Waals surface area contributed by atoms with Crippen molar-refractivity contribution in [2.45, 2.75) is 6.54 Å². The van der Waals surface area contributed by atoms with Crippen molar-refractivity contribution in [1.29, 1.82) is 0 Å². The fourth-order valence-corrected chi connectivity index (χ4v) is 3.89. The number of rotatable bonds is 4. The van der Waals surface area contributed by atoms with Gasteiger partial charge in [0.15, 0.2) is 11.5 Å². The summed E-state index contributed by atoms with van der Waals surface area (Å²) in [6.45, 7) is 0.751. The maximum Gasteiger partial charge on any atom is 0.266 e. The number of carbonyl (C=O) groups excluding carboxylic acids is 1. The number of thioether (sulfide) groups is 1. The fourth-order valence-electron chi connectivity index (χ4n) is 2.68. The van der Waals surface area contributed by atoms with Gasteiger partial charge in [0.2, 0.25) is 6.79 Å². The molecule has 2 aliphatic heterocycles. The van der Waals surface area contributed by atoms with Crippen LogP contribution in [-0.4, -0.2) is 21.9 Å². The number of ether oxygens (including phenoxy) is 2. The van der Waals surface area contributed by atoms with Crippen LogP contribution in [0.5, 0.6) is 11.5 Å². The van der Waals surface area contributed by atoms with Crippen LogP contribution in [-0.2, 0) is 11.3 Å². The fraction of sp³-hybridized carbons (Fsp3) is 0.100. The minimum absolute atomic E-state index is 0.0563. The van der Waals surface area contributed by atoms with Crippen molar-refractivity contribution >= 4 is 40.3 Å². The number of benzene rings is 2. The highest BCUT2D eigenvalue weighted by molar-refractivity contribution is 8.26. The lowest BCUT2D eigenvalue weighted by molar-refractivity contribution is -0.122. The number of hydrogen-bond acceptors (Lipinski definition) is 5. The third kappa shape index (κ3) is 3.52. The highest BCUT2D eigenvalue weighted by atomic mass is 32.2. The molecule has 0 aromatic heterocycles. The summed E-state index contributed by atoms with van der Waals surface area (Å²) < 4.78 is 11.3. The second-order valence-electron chi connectivity index (χ2n) is 5.75. The van der Waals surface area contributed by atoms with Gasteiger partial charge >= 0.3 is 0 Å². The molecule has 0 aliphatic carbocycles. The summed E-state index contributed by atoms with van der Waals surface area (Å²) in [5.41, 5.74) is 2.03. The topological polar surface area (TPSA) is 38.8 Å². The average molecular weight is 381 g/mol. The van der Waals surface area contributed by atoms with E-state index < -0.39 is 0 Å². The Kier molecular flexibility index (Phi) is 4.77. The van der Waals surface area contributed by atoms with Crippen LogP contribution in [0.3, 0.4) is 0 Å². The highest BCUT2D eigenvalue weighted by Gasteiger charge is 2.31. The summed E-state index contributed by atoms with van der Waals surface area (Å²) in [6.07, 6.45) is 5.58. The average Bonchev–Trinajstić information content (AvgIpc) is 3.22. The first-order chi connectivity index (χ1) is 12.7. The first-order valence-corrected chi connectivity index (χ1v) is 9.29. The number of thiocarbonyl (C=S) groups is 1. The Bertz CT molecular complexity index is 922. The van der Waals surface area contributed by atoms with E-state index in [1.807, 2.05) is 60.7 Å². The largest absolute Gasteiger partial charge is 0.454 e. The molecule has 1 fully saturated rings. The first kappa shape index (κ1) is 16.9. The van der Waals surface area contributed by atoms with E-state index in [1.54, 1.807) is 11.0 Å². The molecule has 6 heteroatoms. The normalized spacial score (nSPS) is 17.7. The van der Waals surface area contributed by atoms with Gasteiger partial charge in [-0.3, -0.25) is 9.69 Å². The molecule has 0 N–H and O–H groups in total. The molecule has 2 heterocycles. The Hall–Kier alpha value is -2.57. The summed E-state index contributed by atoms with van der Waals surface area (Å²) in [5.74, 6) is 1.43. The van der Waals surface area contributed by atoms with E-state index in [1.165, 1.54) is 11.8 Å². The molecular formula is C20H15NO3S2. The van der Waals surface area contributed by atoms with Crippen molar-refractivity contribution in [1.82, 2.24) is 4.90 Å². The van der Waals surface area contributed by atoms with E-state index in [-0.39, 0.29) is 12.7 Å². The highest BCUT2D eigenvalue weighted by Crippen LogP contribution is 2.34. The van der Waals surface area contributed by atoms with Crippen LogP contribution in [0.4, 0.5) is 0 Å². The van der Waals surface area contributed by atoms with Crippen molar-refractivity contribution in [3.05, 3.63) is 76.7 Å². The number of hydrogen-bond donors (Lipinski definition) is 0. The molecule has 0 spiro atoms. The van der Waals surface area contributed by atoms with E-state index in [0.717, 1.165) is 22.6 Å². The van der Waals surface area contributed by atoms with Crippen LogP contribution >= 0.6 is 24.0 Å². The molecule has 2 aromatic rings. The number of fused-ring (bicyclic) bond motifs is 1. The van der Waals surface area contributed by atoms with Gasteiger partial charge in [-0.2, -0.15) is 0 Å². The van der Waals surface area contributed by atoms with Crippen LogP contribution < -0.4 is 9.47 Å². The van der Waals surface area contributed by atoms with E-state index in [2.05, 4.69) is 0 Å². The molecule has 1 amide bonds. The quantitative estimate of drug-likeness (QED) is 0.581. The maximum absolute atomic E-state index is 12.6. The zero-order valence-electron chi connectivity index (χ0n) is 13.8. The third-order valence-electron chi connectivity index (χ3n) is 3.99. The standard InChI is InChI=1S/C20H15NO3S2/c22-19-18(26-20(25)21(19)12-15-5-2-1-3-6-15)8-4-7-14-9-10-16-17(11-14)24-13-23-16/h1-11H,12-13H2. The Morgan fingerprint density at radius 2 is 1.92 bits per heavy atom. The maximum atomic E-state index is 12.6. The number of allylic oxidation sites excluding steroid dienone is 2. The van der Waals surface area contributed by atoms with Crippen molar-refractivity contribution in [3.63, 3.8) is 0 Å². The van der Waals surface area contributed by atoms with Crippen molar-refractivity contribution in [2.24, 2.45) is 0 Å². The first-order valence-electron chi connectivity index (χ1n) is 8.06. The van der Waals surface area contributed by atoms with Crippen molar-refractivity contribution in [2.75, 3.05) is 6.79 Å². The van der Waals surface area contributed by atoms with Crippen LogP contribution in [0.25, 0.3) is 6.08 Å². The molecule has 4 nitrogen and oxygen atoms in total. The monoisotopic (exact) mass is 381 g/mol. The lowest BCUT2D eigenvalue weighted by atomic mass is 10.2. The summed E-state index contributed by atoms with van der Waals surface area (Å²) >= 11 is 6.69. The van der Waals surface area contributed by atoms with E-state index in [9.17, 15) is 4.79 Å². The van der Waals surface area contributed by atoms with Gasteiger partial charge in [0.1, 0.15) is 4.32 Å². The molecule has 0 saturated carbocycles. The zero-order valence-corrected chi connectivity index (χ0v) is 15.4. The number of nitrogens with zero attached hydrogens (tertiary/aromatic N) is 1. The molecule has 1 saturated heterocycles. The van der Waals surface area contributed by atoms with Crippen LogP contribution in [0.15, 0.2) is 65.6 Å². The predicted molar refractivity (Wildman–Crippen MR) is 107 cm³/mol. The van der Waals surface area contributed by atoms with Crippen LogP contribution in [0.1, 0.15) is 11.1 Å². The summed E-state index contributed by atoms with van der Waals surface area (Å²) in [7, 11) is 0. The molecule has 0 atom stereocenters. The SMILES string of the molecule is O=C1C(=CC=Cc2ccc3c(c2)OCO3)SC(=S)N1Cc1ccccc1. The lowest BCUT2D eigenvalue weighted by Gasteiger charge is -2.14. The Labute approximate surface area is 161 Å². The third-order valence-corrected chi connectivity index (χ3v) is 5.39. The Balaban J connectivity index is 1.46. The van der Waals surface area contributed by atoms with E-state index in [4.69, 9.17) is 21.7 Å². The second kappa shape index (κ2) is 7.35. The molecule has 0 unspecified atom stereocenters. The number of carbonyl (C=O) groups is 1. The van der Waals surface area contributed by atoms with Gasteiger partial charge in [-0.1, -0.05) is 72.5 Å². The molecule has 0 radical (unpaired) electrons. The molecule has 4 rings (SSSR count). The van der Waals surface area contributed by atoms with Gasteiger partial charge < -0.3 is 9.47 Å². The van der Waals surface area contributed by atoms with Gasteiger partial charge in [0.05, 0.1) is 11.4 Å². The zero-order chi connectivity index (χ0) is 17.9. The van der Waals surface area contributed by atoms with Gasteiger partial charge in [-0.15, -0.1) is 0 Å². The van der Waals surface area contributed by atoms with Crippen molar-refractivity contribution in [3.8, 4) is 11.5 Å². The number of amides is 1. The lowest BCUT2D eigenvalue weighted by Crippen LogP contribution is -2.27. The van der Waals surface area contributed by atoms with Gasteiger partial charge in [0, 0.05) is 0 Å². The van der Waals surface area contributed by atoms with Crippen LogP contribution in [0.2, 0.25) is 0 Å². The molecule has 26 heavy (non-hydrogen) atoms. The summed E-state index contributed by atoms with van der Waals surface area (Å²) in [6, 6.07) is 15.6. The van der Waals surface area contributed by atoms with Gasteiger partial charge in [0.25, 0.3) is 5.91 Å². The summed E-state index contributed by atoms with van der Waals surface area (Å²) in [4.78, 5) is 14.9. The van der Waals surface area contributed by atoms with Crippen molar-refractivity contribution < 1.29 is 14.3 Å². The minimum atomic E-state index is -0.0563. The summed E-state index contributed by atoms with van der Waals surface area (Å²) in [5, 5.41) is 0. The van der Waals surface area contributed by atoms with Gasteiger partial charge in [-0.05, 0) is 29.3 Å². The van der Waals surface area contributed by atoms with Crippen LogP contribution in [0, 0.1) is 0 Å². The second-order valence-corrected chi connectivity index (χ2v) is 7.42. The predicted octanol–water partition coefficient (Wildman–Crippen LogP) is 4.37. The molecule has 2 aromatic carbocycles. The molecule has 130 valence electrons. The Morgan fingerprint density at radius 1 is 1.12 bits per heavy atom. The smallest absolute Gasteiger partial charge is 0.266 e. The van der Waals surface area contributed by atoms with E-state index in [0.29, 0.717) is 15.8 Å². The van der Waals surface area contributed by atoms with E-state index >= 15 is 0 Å². The Morgan fingerprint density at radius 3 is 2.77 bits per heavy atom. The minimum Gasteiger partial charge on any atom is -0.454 e. The molecular weight excluding hydrogens is 366 g/mol. The van der Waals surface area contributed by atoms with Gasteiger partial charge in [-0.25, -0.2) is 0 Å². The molecule has 2 aliphatic rings.